The van der Waals surface area contributed by atoms with Gasteiger partial charge in [0.25, 0.3) is 5.91 Å². The number of hydrogen-bond acceptors (Lipinski definition) is 3. The minimum atomic E-state index is -0.561. The van der Waals surface area contributed by atoms with Crippen molar-refractivity contribution in [1.29, 1.82) is 5.26 Å². The molecule has 0 bridgehead atoms. The van der Waals surface area contributed by atoms with E-state index >= 15 is 0 Å². The molecule has 1 N–H and O–H groups in total. The molecule has 1 aromatic heterocycles. The fourth-order valence-corrected chi connectivity index (χ4v) is 0.932. The Labute approximate surface area is 80.1 Å². The highest BCUT2D eigenvalue weighted by Gasteiger charge is 2.15. The normalized spacial score (nSPS) is 11.8. The Balaban J connectivity index is 2.71. The third kappa shape index (κ3) is 2.23. The summed E-state index contributed by atoms with van der Waals surface area (Å²) in [6.07, 6.45) is 1.31. The van der Waals surface area contributed by atoms with Crippen LogP contribution in [0, 0.1) is 11.3 Å². The van der Waals surface area contributed by atoms with E-state index in [4.69, 9.17) is 21.3 Å². The van der Waals surface area contributed by atoms with E-state index in [0.29, 0.717) is 0 Å². The lowest BCUT2D eigenvalue weighted by molar-refractivity contribution is 0.0920. The number of nitrogens with zero attached hydrogens (tertiary/aromatic N) is 1. The zero-order chi connectivity index (χ0) is 9.84. The number of nitriles is 1. The topological polar surface area (TPSA) is 66.0 Å². The minimum Gasteiger partial charge on any atom is -0.458 e. The van der Waals surface area contributed by atoms with Crippen LogP contribution in [-0.2, 0) is 0 Å². The molecular weight excluding hydrogens is 192 g/mol. The molecule has 5 heteroatoms. The average molecular weight is 199 g/mol. The van der Waals surface area contributed by atoms with Crippen LogP contribution in [-0.4, -0.2) is 11.9 Å². The summed E-state index contributed by atoms with van der Waals surface area (Å²) < 4.78 is 4.82. The molecule has 1 heterocycles. The van der Waals surface area contributed by atoms with Crippen molar-refractivity contribution in [2.45, 2.75) is 13.0 Å². The molecule has 0 aliphatic heterocycles. The molecule has 0 fully saturated rings. The van der Waals surface area contributed by atoms with Crippen molar-refractivity contribution >= 4 is 17.5 Å². The molecule has 13 heavy (non-hydrogen) atoms. The van der Waals surface area contributed by atoms with E-state index in [2.05, 4.69) is 5.32 Å². The molecule has 68 valence electrons. The van der Waals surface area contributed by atoms with Gasteiger partial charge < -0.3 is 9.73 Å². The van der Waals surface area contributed by atoms with E-state index in [1.54, 1.807) is 6.92 Å². The quantitative estimate of drug-likeness (QED) is 0.785. The maximum atomic E-state index is 11.3. The smallest absolute Gasteiger partial charge is 0.289 e. The Morgan fingerprint density at radius 3 is 3.00 bits per heavy atom. The number of nitrogens with one attached hydrogen (secondary N) is 1. The first-order valence-electron chi connectivity index (χ1n) is 3.58. The molecular formula is C8H7ClN2O2. The van der Waals surface area contributed by atoms with Gasteiger partial charge in [0.15, 0.2) is 0 Å². The highest BCUT2D eigenvalue weighted by molar-refractivity contribution is 6.33. The Bertz CT molecular complexity index is 353. The number of carbonyl (C=O) groups excluding carboxylic acids is 1. The first-order chi connectivity index (χ1) is 6.15. The number of rotatable bonds is 2. The van der Waals surface area contributed by atoms with E-state index in [-0.39, 0.29) is 10.8 Å². The van der Waals surface area contributed by atoms with Crippen LogP contribution in [0.3, 0.4) is 0 Å². The van der Waals surface area contributed by atoms with Crippen LogP contribution in [0.5, 0.6) is 0 Å². The van der Waals surface area contributed by atoms with Gasteiger partial charge in [0.2, 0.25) is 5.76 Å². The lowest BCUT2D eigenvalue weighted by Crippen LogP contribution is -2.31. The van der Waals surface area contributed by atoms with Crippen LogP contribution in [0.25, 0.3) is 0 Å². The Morgan fingerprint density at radius 1 is 1.85 bits per heavy atom. The molecule has 0 radical (unpaired) electrons. The van der Waals surface area contributed by atoms with Crippen LogP contribution >= 0.6 is 11.6 Å². The molecule has 0 aromatic carbocycles. The van der Waals surface area contributed by atoms with E-state index in [0.717, 1.165) is 0 Å². The standard InChI is InChI=1S/C8H7ClN2O2/c1-5(4-10)11-8(12)7-6(9)2-3-13-7/h2-3,5H,1H3,(H,11,12)/t5-/m1/s1. The van der Waals surface area contributed by atoms with Crippen molar-refractivity contribution in [2.75, 3.05) is 0 Å². The van der Waals surface area contributed by atoms with Crippen LogP contribution in [0.4, 0.5) is 0 Å². The molecule has 1 amide bonds. The van der Waals surface area contributed by atoms with Gasteiger partial charge in [0.05, 0.1) is 17.4 Å². The second-order valence-corrected chi connectivity index (χ2v) is 2.83. The van der Waals surface area contributed by atoms with Crippen LogP contribution in [0.15, 0.2) is 16.7 Å². The minimum absolute atomic E-state index is 0.0313. The Morgan fingerprint density at radius 2 is 2.54 bits per heavy atom. The summed E-state index contributed by atoms with van der Waals surface area (Å²) in [4.78, 5) is 11.3. The highest BCUT2D eigenvalue weighted by Crippen LogP contribution is 2.16. The zero-order valence-electron chi connectivity index (χ0n) is 6.87. The van der Waals surface area contributed by atoms with E-state index in [9.17, 15) is 4.79 Å². The van der Waals surface area contributed by atoms with Gasteiger partial charge in [-0.15, -0.1) is 0 Å². The molecule has 1 aromatic rings. The summed E-state index contributed by atoms with van der Waals surface area (Å²) in [5.74, 6) is -0.451. The number of hydrogen-bond donors (Lipinski definition) is 1. The summed E-state index contributed by atoms with van der Waals surface area (Å²) >= 11 is 5.62. The number of halogens is 1. The third-order valence-electron chi connectivity index (χ3n) is 1.36. The van der Waals surface area contributed by atoms with Crippen molar-refractivity contribution in [3.05, 3.63) is 23.1 Å². The fraction of sp³-hybridized carbons (Fsp3) is 0.250. The predicted molar refractivity (Wildman–Crippen MR) is 46.3 cm³/mol. The SMILES string of the molecule is C[C@H](C#N)NC(=O)c1occc1Cl. The second-order valence-electron chi connectivity index (χ2n) is 2.42. The van der Waals surface area contributed by atoms with Crippen molar-refractivity contribution in [1.82, 2.24) is 5.32 Å². The van der Waals surface area contributed by atoms with Gasteiger partial charge in [-0.2, -0.15) is 5.26 Å². The maximum absolute atomic E-state index is 11.3. The van der Waals surface area contributed by atoms with Gasteiger partial charge in [-0.1, -0.05) is 11.6 Å². The van der Waals surface area contributed by atoms with Gasteiger partial charge in [-0.3, -0.25) is 4.79 Å². The van der Waals surface area contributed by atoms with Crippen molar-refractivity contribution in [2.24, 2.45) is 0 Å². The molecule has 0 spiro atoms. The van der Waals surface area contributed by atoms with Crippen LogP contribution < -0.4 is 5.32 Å². The van der Waals surface area contributed by atoms with Gasteiger partial charge in [0, 0.05) is 0 Å². The molecule has 0 saturated heterocycles. The lowest BCUT2D eigenvalue weighted by Gasteiger charge is -2.03. The highest BCUT2D eigenvalue weighted by atomic mass is 35.5. The molecule has 0 saturated carbocycles. The molecule has 0 aliphatic carbocycles. The van der Waals surface area contributed by atoms with Gasteiger partial charge in [-0.25, -0.2) is 0 Å². The number of amides is 1. The fourth-order valence-electron chi connectivity index (χ4n) is 0.750. The number of furan rings is 1. The summed E-state index contributed by atoms with van der Waals surface area (Å²) in [5, 5.41) is 11.1. The van der Waals surface area contributed by atoms with Crippen molar-refractivity contribution in [3.8, 4) is 6.07 Å². The first-order valence-corrected chi connectivity index (χ1v) is 3.96. The van der Waals surface area contributed by atoms with Crippen LogP contribution in [0.1, 0.15) is 17.5 Å². The predicted octanol–water partition coefficient (Wildman–Crippen LogP) is 1.57. The Kier molecular flexibility index (Phi) is 2.93. The van der Waals surface area contributed by atoms with Gasteiger partial charge >= 0.3 is 0 Å². The molecule has 1 rings (SSSR count). The van der Waals surface area contributed by atoms with Crippen LogP contribution in [0.2, 0.25) is 5.02 Å². The van der Waals surface area contributed by atoms with Gasteiger partial charge in [0.1, 0.15) is 6.04 Å². The Hall–Kier alpha value is -1.47. The first kappa shape index (κ1) is 9.62. The second kappa shape index (κ2) is 3.97. The van der Waals surface area contributed by atoms with E-state index in [1.807, 2.05) is 6.07 Å². The summed E-state index contributed by atoms with van der Waals surface area (Å²) in [5.41, 5.74) is 0. The monoisotopic (exact) mass is 198 g/mol. The molecule has 4 nitrogen and oxygen atoms in total. The third-order valence-corrected chi connectivity index (χ3v) is 1.66. The van der Waals surface area contributed by atoms with E-state index in [1.165, 1.54) is 12.3 Å². The average Bonchev–Trinajstić information content (AvgIpc) is 2.51. The zero-order valence-corrected chi connectivity index (χ0v) is 7.63. The molecule has 0 unspecified atom stereocenters. The largest absolute Gasteiger partial charge is 0.458 e. The van der Waals surface area contributed by atoms with Crippen molar-refractivity contribution < 1.29 is 9.21 Å². The van der Waals surface area contributed by atoms with E-state index < -0.39 is 11.9 Å². The lowest BCUT2D eigenvalue weighted by atomic mass is 10.3. The number of carbonyl (C=O) groups is 1. The maximum Gasteiger partial charge on any atom is 0.289 e. The van der Waals surface area contributed by atoms with Crippen molar-refractivity contribution in [3.63, 3.8) is 0 Å². The molecule has 1 atom stereocenters. The summed E-state index contributed by atoms with van der Waals surface area (Å²) in [6.45, 7) is 1.56. The summed E-state index contributed by atoms with van der Waals surface area (Å²) in [7, 11) is 0. The van der Waals surface area contributed by atoms with Gasteiger partial charge in [-0.05, 0) is 13.0 Å². The summed E-state index contributed by atoms with van der Waals surface area (Å²) in [6, 6.07) is 2.76. The molecule has 0 aliphatic rings.